The first-order valence-electron chi connectivity index (χ1n) is 7.99. The standard InChI is InChI=1S/C18H22N2O2/c1-12-8-10-14(11-9-12)16-17(22-13(2)19-16)18(21)20-15-6-4-3-5-7-15/h8-11,15H,3-7H2,1-2H3,(H,20,21). The Morgan fingerprint density at radius 1 is 1.14 bits per heavy atom. The van der Waals surface area contributed by atoms with Crippen LogP contribution in [0.3, 0.4) is 0 Å². The maximum atomic E-state index is 12.5. The third-order valence-corrected chi connectivity index (χ3v) is 4.21. The summed E-state index contributed by atoms with van der Waals surface area (Å²) < 4.78 is 5.58. The van der Waals surface area contributed by atoms with Crippen molar-refractivity contribution in [2.45, 2.75) is 52.0 Å². The molecule has 0 unspecified atom stereocenters. The molecule has 0 radical (unpaired) electrons. The van der Waals surface area contributed by atoms with Gasteiger partial charge in [-0.2, -0.15) is 0 Å². The summed E-state index contributed by atoms with van der Waals surface area (Å²) in [6.45, 7) is 3.81. The number of amides is 1. The van der Waals surface area contributed by atoms with Gasteiger partial charge in [0.25, 0.3) is 5.91 Å². The zero-order valence-corrected chi connectivity index (χ0v) is 13.2. The summed E-state index contributed by atoms with van der Waals surface area (Å²) in [5.74, 6) is 0.694. The van der Waals surface area contributed by atoms with Gasteiger partial charge in [0.2, 0.25) is 5.76 Å². The molecule has 1 aromatic carbocycles. The van der Waals surface area contributed by atoms with Crippen molar-refractivity contribution in [3.8, 4) is 11.3 Å². The number of rotatable bonds is 3. The number of benzene rings is 1. The van der Waals surface area contributed by atoms with E-state index in [1.165, 1.54) is 24.8 Å². The van der Waals surface area contributed by atoms with Crippen LogP contribution in [-0.2, 0) is 0 Å². The monoisotopic (exact) mass is 298 g/mol. The van der Waals surface area contributed by atoms with Crippen molar-refractivity contribution in [1.82, 2.24) is 10.3 Å². The van der Waals surface area contributed by atoms with Gasteiger partial charge in [0.1, 0.15) is 5.69 Å². The highest BCUT2D eigenvalue weighted by atomic mass is 16.4. The summed E-state index contributed by atoms with van der Waals surface area (Å²) in [6, 6.07) is 8.25. The van der Waals surface area contributed by atoms with Crippen LogP contribution < -0.4 is 5.32 Å². The van der Waals surface area contributed by atoms with Gasteiger partial charge in [-0.05, 0) is 19.8 Å². The Morgan fingerprint density at radius 3 is 2.50 bits per heavy atom. The molecular weight excluding hydrogens is 276 g/mol. The van der Waals surface area contributed by atoms with Crippen LogP contribution in [0.1, 0.15) is 54.1 Å². The fourth-order valence-corrected chi connectivity index (χ4v) is 2.99. The lowest BCUT2D eigenvalue weighted by Gasteiger charge is -2.22. The maximum Gasteiger partial charge on any atom is 0.289 e. The van der Waals surface area contributed by atoms with E-state index in [1.807, 2.05) is 31.2 Å². The molecule has 1 aliphatic carbocycles. The molecule has 1 aliphatic rings. The van der Waals surface area contributed by atoms with E-state index in [2.05, 4.69) is 10.3 Å². The largest absolute Gasteiger partial charge is 0.435 e. The van der Waals surface area contributed by atoms with Gasteiger partial charge in [0.15, 0.2) is 5.89 Å². The van der Waals surface area contributed by atoms with E-state index in [1.54, 1.807) is 6.92 Å². The summed E-state index contributed by atoms with van der Waals surface area (Å²) >= 11 is 0. The zero-order valence-electron chi connectivity index (χ0n) is 13.2. The predicted octanol–water partition coefficient (Wildman–Crippen LogP) is 4.02. The smallest absolute Gasteiger partial charge is 0.289 e. The van der Waals surface area contributed by atoms with E-state index >= 15 is 0 Å². The second-order valence-electron chi connectivity index (χ2n) is 6.09. The van der Waals surface area contributed by atoms with Crippen molar-refractivity contribution in [2.75, 3.05) is 0 Å². The molecule has 116 valence electrons. The topological polar surface area (TPSA) is 55.1 Å². The average molecular weight is 298 g/mol. The lowest BCUT2D eigenvalue weighted by molar-refractivity contribution is 0.0899. The summed E-state index contributed by atoms with van der Waals surface area (Å²) in [6.07, 6.45) is 5.75. The molecule has 0 aliphatic heterocycles. The minimum absolute atomic E-state index is 0.150. The van der Waals surface area contributed by atoms with Crippen LogP contribution in [0.15, 0.2) is 28.7 Å². The van der Waals surface area contributed by atoms with Crippen LogP contribution in [0, 0.1) is 13.8 Å². The van der Waals surface area contributed by atoms with Gasteiger partial charge in [0, 0.05) is 18.5 Å². The first-order chi connectivity index (χ1) is 10.6. The van der Waals surface area contributed by atoms with E-state index in [9.17, 15) is 4.79 Å². The number of carbonyl (C=O) groups excluding carboxylic acids is 1. The van der Waals surface area contributed by atoms with Crippen molar-refractivity contribution in [3.63, 3.8) is 0 Å². The van der Waals surface area contributed by atoms with Crippen molar-refractivity contribution < 1.29 is 9.21 Å². The summed E-state index contributed by atoms with van der Waals surface area (Å²) in [5, 5.41) is 3.10. The van der Waals surface area contributed by atoms with Crippen LogP contribution in [0.2, 0.25) is 0 Å². The predicted molar refractivity (Wildman–Crippen MR) is 85.8 cm³/mol. The van der Waals surface area contributed by atoms with Crippen LogP contribution in [-0.4, -0.2) is 16.9 Å². The number of aromatic nitrogens is 1. The van der Waals surface area contributed by atoms with Gasteiger partial charge in [0.05, 0.1) is 0 Å². The third kappa shape index (κ3) is 3.21. The minimum Gasteiger partial charge on any atom is -0.435 e. The van der Waals surface area contributed by atoms with Crippen LogP contribution >= 0.6 is 0 Å². The molecule has 1 aromatic heterocycles. The molecule has 0 spiro atoms. The van der Waals surface area contributed by atoms with Gasteiger partial charge in [-0.25, -0.2) is 4.98 Å². The molecule has 4 heteroatoms. The zero-order chi connectivity index (χ0) is 15.5. The minimum atomic E-state index is -0.150. The Balaban J connectivity index is 1.83. The second-order valence-corrected chi connectivity index (χ2v) is 6.09. The molecule has 2 aromatic rings. The molecule has 1 saturated carbocycles. The van der Waals surface area contributed by atoms with Crippen molar-refractivity contribution in [1.29, 1.82) is 0 Å². The molecule has 0 atom stereocenters. The SMILES string of the molecule is Cc1ccc(-c2nc(C)oc2C(=O)NC2CCCCC2)cc1. The Bertz CT molecular complexity index is 652. The van der Waals surface area contributed by atoms with Crippen LogP contribution in [0.25, 0.3) is 11.3 Å². The molecule has 22 heavy (non-hydrogen) atoms. The number of nitrogens with one attached hydrogen (secondary N) is 1. The van der Waals surface area contributed by atoms with Crippen LogP contribution in [0.5, 0.6) is 0 Å². The van der Waals surface area contributed by atoms with Crippen molar-refractivity contribution in [3.05, 3.63) is 41.5 Å². The van der Waals surface area contributed by atoms with Crippen molar-refractivity contribution >= 4 is 5.91 Å². The highest BCUT2D eigenvalue weighted by Gasteiger charge is 2.23. The number of nitrogens with zero attached hydrogens (tertiary/aromatic N) is 1. The maximum absolute atomic E-state index is 12.5. The molecule has 1 N–H and O–H groups in total. The van der Waals surface area contributed by atoms with E-state index in [-0.39, 0.29) is 11.9 Å². The van der Waals surface area contributed by atoms with Crippen molar-refractivity contribution in [2.24, 2.45) is 0 Å². The quantitative estimate of drug-likeness (QED) is 0.931. The summed E-state index contributed by atoms with van der Waals surface area (Å²) in [4.78, 5) is 16.9. The molecule has 4 nitrogen and oxygen atoms in total. The van der Waals surface area contributed by atoms with E-state index in [0.717, 1.165) is 18.4 Å². The number of hydrogen-bond donors (Lipinski definition) is 1. The Labute approximate surface area is 130 Å². The van der Waals surface area contributed by atoms with Gasteiger partial charge in [-0.3, -0.25) is 4.79 Å². The summed E-state index contributed by atoms with van der Waals surface area (Å²) in [5.41, 5.74) is 2.72. The lowest BCUT2D eigenvalue weighted by atomic mass is 9.95. The van der Waals surface area contributed by atoms with Gasteiger partial charge in [-0.1, -0.05) is 49.1 Å². The highest BCUT2D eigenvalue weighted by molar-refractivity contribution is 5.97. The number of aryl methyl sites for hydroxylation is 2. The Morgan fingerprint density at radius 2 is 1.82 bits per heavy atom. The number of carbonyl (C=O) groups is 1. The Hall–Kier alpha value is -2.10. The van der Waals surface area contributed by atoms with E-state index < -0.39 is 0 Å². The fraction of sp³-hybridized carbons (Fsp3) is 0.444. The molecule has 0 bridgehead atoms. The summed E-state index contributed by atoms with van der Waals surface area (Å²) in [7, 11) is 0. The van der Waals surface area contributed by atoms with Gasteiger partial charge >= 0.3 is 0 Å². The number of hydrogen-bond acceptors (Lipinski definition) is 3. The highest BCUT2D eigenvalue weighted by Crippen LogP contribution is 2.25. The first-order valence-corrected chi connectivity index (χ1v) is 7.99. The molecule has 1 fully saturated rings. The first kappa shape index (κ1) is 14.8. The second kappa shape index (κ2) is 6.34. The van der Waals surface area contributed by atoms with Gasteiger partial charge < -0.3 is 9.73 Å². The average Bonchev–Trinajstić information content (AvgIpc) is 2.91. The number of oxazole rings is 1. The van der Waals surface area contributed by atoms with E-state index in [0.29, 0.717) is 17.3 Å². The normalized spacial score (nSPS) is 15.7. The molecular formula is C18H22N2O2. The van der Waals surface area contributed by atoms with E-state index in [4.69, 9.17) is 4.42 Å². The molecule has 3 rings (SSSR count). The molecule has 0 saturated heterocycles. The third-order valence-electron chi connectivity index (χ3n) is 4.21. The molecule has 1 amide bonds. The molecule has 1 heterocycles. The van der Waals surface area contributed by atoms with Crippen LogP contribution in [0.4, 0.5) is 0 Å². The fourth-order valence-electron chi connectivity index (χ4n) is 2.99. The van der Waals surface area contributed by atoms with Gasteiger partial charge in [-0.15, -0.1) is 0 Å². The Kier molecular flexibility index (Phi) is 4.27. The lowest BCUT2D eigenvalue weighted by Crippen LogP contribution is -2.36.